The Bertz CT molecular complexity index is 1010. The molecule has 0 atom stereocenters. The van der Waals surface area contributed by atoms with Gasteiger partial charge in [-0.1, -0.05) is 24.3 Å². The summed E-state index contributed by atoms with van der Waals surface area (Å²) in [6.45, 7) is 1.96. The van der Waals surface area contributed by atoms with Crippen molar-refractivity contribution in [1.82, 2.24) is 20.2 Å². The van der Waals surface area contributed by atoms with Gasteiger partial charge in [0.2, 0.25) is 0 Å². The molecule has 2 aromatic carbocycles. The average Bonchev–Trinajstić information content (AvgIpc) is 3.00. The number of aromatic nitrogens is 4. The number of hydrogen-bond acceptors (Lipinski definition) is 5. The molecule has 0 amide bonds. The zero-order valence-corrected chi connectivity index (χ0v) is 13.9. The van der Waals surface area contributed by atoms with Gasteiger partial charge in [0.1, 0.15) is 5.82 Å². The second-order valence-corrected chi connectivity index (χ2v) is 6.04. The highest BCUT2D eigenvalue weighted by Gasteiger charge is 2.10. The van der Waals surface area contributed by atoms with Gasteiger partial charge in [0.25, 0.3) is 0 Å². The molecule has 4 rings (SSSR count). The van der Waals surface area contributed by atoms with Crippen molar-refractivity contribution in [2.45, 2.75) is 11.8 Å². The van der Waals surface area contributed by atoms with Gasteiger partial charge in [-0.25, -0.2) is 9.97 Å². The maximum atomic E-state index is 4.70. The normalized spacial score (nSPS) is 10.9. The van der Waals surface area contributed by atoms with E-state index in [1.54, 1.807) is 0 Å². The van der Waals surface area contributed by atoms with E-state index in [-0.39, 0.29) is 0 Å². The van der Waals surface area contributed by atoms with Crippen molar-refractivity contribution in [3.8, 4) is 11.4 Å². The van der Waals surface area contributed by atoms with E-state index in [2.05, 4.69) is 33.1 Å². The lowest BCUT2D eigenvalue weighted by Crippen LogP contribution is -1.99. The Kier molecular flexibility index (Phi) is 3.66. The first kappa shape index (κ1) is 14.7. The number of para-hydroxylation sites is 1. The highest BCUT2D eigenvalue weighted by atomic mass is 32.1. The average molecular weight is 333 g/mol. The van der Waals surface area contributed by atoms with Crippen LogP contribution in [-0.4, -0.2) is 20.2 Å². The van der Waals surface area contributed by atoms with E-state index >= 15 is 0 Å². The van der Waals surface area contributed by atoms with Gasteiger partial charge < -0.3 is 5.32 Å². The zero-order chi connectivity index (χ0) is 16.5. The summed E-state index contributed by atoms with van der Waals surface area (Å²) in [7, 11) is 0. The fraction of sp³-hybridized carbons (Fsp3) is 0.0556. The quantitative estimate of drug-likeness (QED) is 0.487. The third kappa shape index (κ3) is 2.83. The van der Waals surface area contributed by atoms with Crippen molar-refractivity contribution in [2.75, 3.05) is 5.32 Å². The Morgan fingerprint density at radius 1 is 1.00 bits per heavy atom. The fourth-order valence-electron chi connectivity index (χ4n) is 2.51. The van der Waals surface area contributed by atoms with Crippen LogP contribution in [0.25, 0.3) is 22.3 Å². The van der Waals surface area contributed by atoms with Gasteiger partial charge in [0.05, 0.1) is 5.52 Å². The molecule has 0 spiro atoms. The van der Waals surface area contributed by atoms with Crippen LogP contribution in [0.2, 0.25) is 0 Å². The number of benzene rings is 2. The summed E-state index contributed by atoms with van der Waals surface area (Å²) in [5, 5.41) is 11.4. The van der Waals surface area contributed by atoms with E-state index in [9.17, 15) is 0 Å². The molecule has 0 aliphatic rings. The van der Waals surface area contributed by atoms with Gasteiger partial charge in [0, 0.05) is 27.6 Å². The molecule has 5 nitrogen and oxygen atoms in total. The lowest BCUT2D eigenvalue weighted by atomic mass is 10.2. The number of nitrogens with one attached hydrogen (secondary N) is 2. The summed E-state index contributed by atoms with van der Waals surface area (Å²) in [6.07, 6.45) is 0. The third-order valence-corrected chi connectivity index (χ3v) is 3.98. The molecule has 0 saturated heterocycles. The second kappa shape index (κ2) is 5.98. The van der Waals surface area contributed by atoms with Crippen LogP contribution in [0.15, 0.2) is 59.5 Å². The second-order valence-electron chi connectivity index (χ2n) is 5.52. The molecule has 24 heavy (non-hydrogen) atoms. The SMILES string of the molecule is Cc1cc(Nc2nc(-c3ccc(S)cc3)nc3ccccc23)n[nH]1. The lowest BCUT2D eigenvalue weighted by Gasteiger charge is -2.09. The Hall–Kier alpha value is -2.86. The van der Waals surface area contributed by atoms with Crippen LogP contribution in [0.1, 0.15) is 5.69 Å². The van der Waals surface area contributed by atoms with E-state index in [0.717, 1.165) is 38.7 Å². The maximum Gasteiger partial charge on any atom is 0.162 e. The van der Waals surface area contributed by atoms with E-state index in [0.29, 0.717) is 5.82 Å². The number of fused-ring (bicyclic) bond motifs is 1. The highest BCUT2D eigenvalue weighted by Crippen LogP contribution is 2.27. The molecule has 6 heteroatoms. The van der Waals surface area contributed by atoms with Crippen LogP contribution in [0.4, 0.5) is 11.6 Å². The van der Waals surface area contributed by atoms with E-state index < -0.39 is 0 Å². The first-order chi connectivity index (χ1) is 11.7. The number of rotatable bonds is 3. The molecule has 2 N–H and O–H groups in total. The standard InChI is InChI=1S/C18H15N5S/c1-11-10-16(23-22-11)20-18-14-4-2-3-5-15(14)19-17(21-18)12-6-8-13(24)9-7-12/h2-10,24H,1H3,(H2,19,20,21,22,23). The van der Waals surface area contributed by atoms with E-state index in [1.807, 2.05) is 61.5 Å². The van der Waals surface area contributed by atoms with Crippen molar-refractivity contribution >= 4 is 35.2 Å². The number of anilines is 2. The minimum atomic E-state index is 0.664. The predicted molar refractivity (Wildman–Crippen MR) is 98.8 cm³/mol. The molecule has 4 aromatic rings. The lowest BCUT2D eigenvalue weighted by molar-refractivity contribution is 1.05. The van der Waals surface area contributed by atoms with Crippen LogP contribution in [0.3, 0.4) is 0 Å². The van der Waals surface area contributed by atoms with Gasteiger partial charge in [-0.05, 0) is 31.2 Å². The first-order valence-corrected chi connectivity index (χ1v) is 7.99. The molecule has 2 heterocycles. The Balaban J connectivity index is 1.85. The zero-order valence-electron chi connectivity index (χ0n) is 13.0. The van der Waals surface area contributed by atoms with Crippen molar-refractivity contribution in [3.05, 3.63) is 60.3 Å². The number of aryl methyl sites for hydroxylation is 1. The molecule has 2 aromatic heterocycles. The summed E-state index contributed by atoms with van der Waals surface area (Å²) in [5.41, 5.74) is 2.81. The molecule has 0 saturated carbocycles. The summed E-state index contributed by atoms with van der Waals surface area (Å²) >= 11 is 4.33. The summed E-state index contributed by atoms with van der Waals surface area (Å²) in [5.74, 6) is 2.13. The number of nitrogens with zero attached hydrogens (tertiary/aromatic N) is 3. The van der Waals surface area contributed by atoms with Crippen molar-refractivity contribution < 1.29 is 0 Å². The number of H-pyrrole nitrogens is 1. The van der Waals surface area contributed by atoms with Crippen LogP contribution < -0.4 is 5.32 Å². The molecule has 0 radical (unpaired) electrons. The topological polar surface area (TPSA) is 66.5 Å². The molecular formula is C18H15N5S. The predicted octanol–water partition coefficient (Wildman–Crippen LogP) is 4.36. The van der Waals surface area contributed by atoms with E-state index in [1.165, 1.54) is 0 Å². The highest BCUT2D eigenvalue weighted by molar-refractivity contribution is 7.80. The van der Waals surface area contributed by atoms with Crippen molar-refractivity contribution in [2.24, 2.45) is 0 Å². The summed E-state index contributed by atoms with van der Waals surface area (Å²) < 4.78 is 0. The maximum absolute atomic E-state index is 4.70. The smallest absolute Gasteiger partial charge is 0.162 e. The minimum Gasteiger partial charge on any atom is -0.323 e. The van der Waals surface area contributed by atoms with E-state index in [4.69, 9.17) is 4.98 Å². The Morgan fingerprint density at radius 2 is 1.79 bits per heavy atom. The Morgan fingerprint density at radius 3 is 2.54 bits per heavy atom. The molecular weight excluding hydrogens is 318 g/mol. The van der Waals surface area contributed by atoms with Crippen LogP contribution >= 0.6 is 12.6 Å². The van der Waals surface area contributed by atoms with Gasteiger partial charge in [-0.15, -0.1) is 12.6 Å². The monoisotopic (exact) mass is 333 g/mol. The number of aromatic amines is 1. The number of hydrogen-bond donors (Lipinski definition) is 3. The van der Waals surface area contributed by atoms with Crippen LogP contribution in [0.5, 0.6) is 0 Å². The van der Waals surface area contributed by atoms with Crippen LogP contribution in [-0.2, 0) is 0 Å². The van der Waals surface area contributed by atoms with Crippen molar-refractivity contribution in [3.63, 3.8) is 0 Å². The third-order valence-electron chi connectivity index (χ3n) is 3.68. The van der Waals surface area contributed by atoms with Gasteiger partial charge in [-0.2, -0.15) is 5.10 Å². The molecule has 0 fully saturated rings. The molecule has 0 aliphatic carbocycles. The van der Waals surface area contributed by atoms with Gasteiger partial charge >= 0.3 is 0 Å². The fourth-order valence-corrected chi connectivity index (χ4v) is 2.66. The van der Waals surface area contributed by atoms with Gasteiger partial charge in [-0.3, -0.25) is 5.10 Å². The molecule has 0 bridgehead atoms. The molecule has 118 valence electrons. The summed E-state index contributed by atoms with van der Waals surface area (Å²) in [6, 6.07) is 17.7. The van der Waals surface area contributed by atoms with Crippen LogP contribution in [0, 0.1) is 6.92 Å². The molecule has 0 aliphatic heterocycles. The summed E-state index contributed by atoms with van der Waals surface area (Å²) in [4.78, 5) is 10.3. The van der Waals surface area contributed by atoms with Crippen molar-refractivity contribution in [1.29, 1.82) is 0 Å². The molecule has 0 unspecified atom stereocenters. The Labute approximate surface area is 144 Å². The number of thiol groups is 1. The van der Waals surface area contributed by atoms with Gasteiger partial charge in [0.15, 0.2) is 11.6 Å². The minimum absolute atomic E-state index is 0.664. The first-order valence-electron chi connectivity index (χ1n) is 7.54. The largest absolute Gasteiger partial charge is 0.323 e.